The SMILES string of the molecule is CC1(C)OB(Cc2cn[nH]c2)OC1(C)C. The van der Waals surface area contributed by atoms with E-state index in [-0.39, 0.29) is 18.3 Å². The van der Waals surface area contributed by atoms with Crippen molar-refractivity contribution in [2.45, 2.75) is 45.2 Å². The number of aromatic nitrogens is 2. The van der Waals surface area contributed by atoms with E-state index in [9.17, 15) is 0 Å². The van der Waals surface area contributed by atoms with E-state index in [1.807, 2.05) is 6.20 Å². The molecule has 82 valence electrons. The molecule has 0 amide bonds. The third kappa shape index (κ3) is 1.94. The number of nitrogens with one attached hydrogen (secondary N) is 1. The van der Waals surface area contributed by atoms with Crippen LogP contribution in [0.5, 0.6) is 0 Å². The van der Waals surface area contributed by atoms with Crippen LogP contribution in [0.3, 0.4) is 0 Å². The largest absolute Gasteiger partial charge is 0.462 e. The van der Waals surface area contributed by atoms with Gasteiger partial charge in [-0.25, -0.2) is 0 Å². The number of aromatic amines is 1. The van der Waals surface area contributed by atoms with Crippen molar-refractivity contribution in [1.29, 1.82) is 0 Å². The highest BCUT2D eigenvalue weighted by molar-refractivity contribution is 6.44. The predicted molar refractivity (Wildman–Crippen MR) is 58.4 cm³/mol. The summed E-state index contributed by atoms with van der Waals surface area (Å²) in [4.78, 5) is 0. The molecule has 1 aliphatic rings. The van der Waals surface area contributed by atoms with Gasteiger partial charge in [0.2, 0.25) is 0 Å². The summed E-state index contributed by atoms with van der Waals surface area (Å²) in [5, 5.41) is 6.68. The molecule has 0 unspecified atom stereocenters. The van der Waals surface area contributed by atoms with Crippen molar-refractivity contribution in [3.05, 3.63) is 18.0 Å². The highest BCUT2D eigenvalue weighted by Crippen LogP contribution is 2.37. The molecular weight excluding hydrogens is 191 g/mol. The van der Waals surface area contributed by atoms with Gasteiger partial charge in [0.15, 0.2) is 0 Å². The Labute approximate surface area is 90.5 Å². The van der Waals surface area contributed by atoms with Crippen LogP contribution in [0.2, 0.25) is 0 Å². The number of nitrogens with zero attached hydrogens (tertiary/aromatic N) is 1. The Morgan fingerprint density at radius 3 is 2.33 bits per heavy atom. The smallest absolute Gasteiger partial charge is 0.403 e. The number of rotatable bonds is 2. The number of hydrogen-bond donors (Lipinski definition) is 1. The minimum Gasteiger partial charge on any atom is -0.403 e. The summed E-state index contributed by atoms with van der Waals surface area (Å²) in [5.41, 5.74) is 0.608. The van der Waals surface area contributed by atoms with Crippen molar-refractivity contribution < 1.29 is 9.31 Å². The Morgan fingerprint density at radius 2 is 1.87 bits per heavy atom. The van der Waals surface area contributed by atoms with Gasteiger partial charge in [-0.2, -0.15) is 5.10 Å². The van der Waals surface area contributed by atoms with E-state index in [0.717, 1.165) is 11.9 Å². The van der Waals surface area contributed by atoms with Crippen LogP contribution in [-0.4, -0.2) is 28.5 Å². The monoisotopic (exact) mass is 208 g/mol. The van der Waals surface area contributed by atoms with Gasteiger partial charge < -0.3 is 9.31 Å². The average molecular weight is 208 g/mol. The van der Waals surface area contributed by atoms with Crippen LogP contribution in [0.4, 0.5) is 0 Å². The van der Waals surface area contributed by atoms with Crippen molar-refractivity contribution in [3.63, 3.8) is 0 Å². The maximum absolute atomic E-state index is 5.87. The van der Waals surface area contributed by atoms with Crippen molar-refractivity contribution in [3.8, 4) is 0 Å². The van der Waals surface area contributed by atoms with Crippen LogP contribution >= 0.6 is 0 Å². The predicted octanol–water partition coefficient (Wildman–Crippen LogP) is 1.58. The van der Waals surface area contributed by atoms with Crippen molar-refractivity contribution >= 4 is 7.12 Å². The summed E-state index contributed by atoms with van der Waals surface area (Å²) in [5.74, 6) is 0. The van der Waals surface area contributed by atoms with Crippen molar-refractivity contribution in [2.24, 2.45) is 0 Å². The van der Waals surface area contributed by atoms with Gasteiger partial charge in [-0.3, -0.25) is 5.10 Å². The molecule has 1 fully saturated rings. The molecule has 5 heteroatoms. The molecule has 0 saturated carbocycles. The molecule has 0 atom stereocenters. The lowest BCUT2D eigenvalue weighted by Crippen LogP contribution is -2.41. The zero-order chi connectivity index (χ0) is 11.1. The van der Waals surface area contributed by atoms with Gasteiger partial charge in [0.1, 0.15) is 0 Å². The molecule has 0 aromatic carbocycles. The molecule has 0 bridgehead atoms. The van der Waals surface area contributed by atoms with Crippen molar-refractivity contribution in [2.75, 3.05) is 0 Å². The molecule has 2 rings (SSSR count). The highest BCUT2D eigenvalue weighted by atomic mass is 16.7. The van der Waals surface area contributed by atoms with Gasteiger partial charge in [-0.1, -0.05) is 0 Å². The molecule has 1 saturated heterocycles. The molecule has 1 aliphatic heterocycles. The van der Waals surface area contributed by atoms with E-state index in [1.54, 1.807) is 6.20 Å². The lowest BCUT2D eigenvalue weighted by molar-refractivity contribution is 0.00578. The number of H-pyrrole nitrogens is 1. The Kier molecular flexibility index (Phi) is 2.39. The first kappa shape index (κ1) is 10.7. The zero-order valence-corrected chi connectivity index (χ0v) is 9.70. The van der Waals surface area contributed by atoms with Gasteiger partial charge in [-0.05, 0) is 33.3 Å². The van der Waals surface area contributed by atoms with Gasteiger partial charge in [0, 0.05) is 12.5 Å². The molecule has 1 aromatic rings. The maximum atomic E-state index is 5.87. The fourth-order valence-corrected chi connectivity index (χ4v) is 1.63. The highest BCUT2D eigenvalue weighted by Gasteiger charge is 2.50. The van der Waals surface area contributed by atoms with Gasteiger partial charge >= 0.3 is 7.12 Å². The third-order valence-corrected chi connectivity index (χ3v) is 3.26. The molecule has 0 aliphatic carbocycles. The summed E-state index contributed by atoms with van der Waals surface area (Å²) < 4.78 is 11.7. The summed E-state index contributed by atoms with van der Waals surface area (Å²) in [6, 6.07) is 0. The first-order chi connectivity index (χ1) is 6.91. The standard InChI is InChI=1S/C10H17BN2O2/c1-9(2)10(3,4)15-11(14-9)5-8-6-12-13-7-8/h6-7H,5H2,1-4H3,(H,12,13). The lowest BCUT2D eigenvalue weighted by Gasteiger charge is -2.32. The van der Waals surface area contributed by atoms with Crippen LogP contribution in [0, 0.1) is 0 Å². The second-order valence-corrected chi connectivity index (χ2v) is 5.00. The normalized spacial score (nSPS) is 23.3. The maximum Gasteiger partial charge on any atom is 0.462 e. The Hall–Kier alpha value is -0.805. The van der Waals surface area contributed by atoms with E-state index >= 15 is 0 Å². The molecule has 4 nitrogen and oxygen atoms in total. The fourth-order valence-electron chi connectivity index (χ4n) is 1.63. The van der Waals surface area contributed by atoms with Crippen LogP contribution < -0.4 is 0 Å². The summed E-state index contributed by atoms with van der Waals surface area (Å²) >= 11 is 0. The molecule has 15 heavy (non-hydrogen) atoms. The van der Waals surface area contributed by atoms with E-state index in [2.05, 4.69) is 37.9 Å². The first-order valence-corrected chi connectivity index (χ1v) is 5.24. The first-order valence-electron chi connectivity index (χ1n) is 5.24. The Morgan fingerprint density at radius 1 is 1.27 bits per heavy atom. The second-order valence-electron chi connectivity index (χ2n) is 5.00. The van der Waals surface area contributed by atoms with Crippen LogP contribution in [-0.2, 0) is 15.6 Å². The molecule has 1 aromatic heterocycles. The van der Waals surface area contributed by atoms with Crippen molar-refractivity contribution in [1.82, 2.24) is 10.2 Å². The summed E-state index contributed by atoms with van der Waals surface area (Å²) in [7, 11) is -0.174. The van der Waals surface area contributed by atoms with Gasteiger partial charge in [0.25, 0.3) is 0 Å². The molecule has 0 spiro atoms. The minimum atomic E-state index is -0.249. The third-order valence-electron chi connectivity index (χ3n) is 3.26. The molecule has 1 N–H and O–H groups in total. The Bertz CT molecular complexity index is 319. The van der Waals surface area contributed by atoms with E-state index < -0.39 is 0 Å². The summed E-state index contributed by atoms with van der Waals surface area (Å²) in [6.07, 6.45) is 4.40. The molecule has 0 radical (unpaired) electrons. The van der Waals surface area contributed by atoms with Crippen LogP contribution in [0.25, 0.3) is 0 Å². The van der Waals surface area contributed by atoms with Gasteiger partial charge in [0.05, 0.1) is 17.4 Å². The van der Waals surface area contributed by atoms with E-state index in [0.29, 0.717) is 0 Å². The van der Waals surface area contributed by atoms with Gasteiger partial charge in [-0.15, -0.1) is 0 Å². The zero-order valence-electron chi connectivity index (χ0n) is 9.70. The van der Waals surface area contributed by atoms with E-state index in [4.69, 9.17) is 9.31 Å². The van der Waals surface area contributed by atoms with Crippen LogP contribution in [0.1, 0.15) is 33.3 Å². The van der Waals surface area contributed by atoms with Crippen LogP contribution in [0.15, 0.2) is 12.4 Å². The number of hydrogen-bond acceptors (Lipinski definition) is 3. The second kappa shape index (κ2) is 3.35. The lowest BCUT2D eigenvalue weighted by atomic mass is 9.82. The quantitative estimate of drug-likeness (QED) is 0.750. The minimum absolute atomic E-state index is 0.174. The Balaban J connectivity index is 2.04. The molecule has 2 heterocycles. The van der Waals surface area contributed by atoms with E-state index in [1.165, 1.54) is 0 Å². The topological polar surface area (TPSA) is 47.1 Å². The average Bonchev–Trinajstić information content (AvgIpc) is 2.59. The summed E-state index contributed by atoms with van der Waals surface area (Å²) in [6.45, 7) is 8.23. The fraction of sp³-hybridized carbons (Fsp3) is 0.700. The molecular formula is C10H17BN2O2.